The quantitative estimate of drug-likeness (QED) is 0.0327. The van der Waals surface area contributed by atoms with Gasteiger partial charge in [0.1, 0.15) is 0 Å². The first kappa shape index (κ1) is 52.3. The lowest BCUT2D eigenvalue weighted by molar-refractivity contribution is -0.143. The molecule has 0 aromatic rings. The number of carbonyl (C=O) groups is 2. The van der Waals surface area contributed by atoms with Gasteiger partial charge in [0.05, 0.1) is 25.4 Å². The minimum atomic E-state index is -0.857. The number of allylic oxidation sites excluding steroid dienone is 3. The molecule has 0 fully saturated rings. The van der Waals surface area contributed by atoms with Crippen LogP contribution in [-0.2, 0) is 14.3 Å². The summed E-state index contributed by atoms with van der Waals surface area (Å²) in [6, 6.07) is -0.643. The van der Waals surface area contributed by atoms with Gasteiger partial charge >= 0.3 is 5.97 Å². The Labute approximate surface area is 335 Å². The minimum Gasteiger partial charge on any atom is -0.466 e. The Kier molecular flexibility index (Phi) is 42.7. The number of hydrogen-bond acceptors (Lipinski definition) is 5. The number of hydrogen-bond donors (Lipinski definition) is 3. The third kappa shape index (κ3) is 40.0. The Balaban J connectivity index is 3.50. The highest BCUT2D eigenvalue weighted by molar-refractivity contribution is 5.76. The normalized spacial score (nSPS) is 12.9. The van der Waals surface area contributed by atoms with E-state index in [4.69, 9.17) is 4.74 Å². The number of rotatable bonds is 43. The van der Waals surface area contributed by atoms with Gasteiger partial charge in [-0.3, -0.25) is 9.59 Å². The standard InChI is InChI=1S/C48H91NO5/c1-3-5-7-9-11-13-15-16-17-18-19-21-26-30-34-38-42-48(53)54-43-39-35-31-27-23-22-25-29-33-37-41-47(52)49-45(44-50)46(51)40-36-32-28-24-20-14-12-10-8-6-4-2/h17-18,36,40,45-46,50-51H,3-16,19-35,37-39,41-44H2,1-2H3,(H,49,52)/b18-17-,40-36+. The summed E-state index contributed by atoms with van der Waals surface area (Å²) in [4.78, 5) is 24.4. The number of unbranched alkanes of at least 4 members (excludes halogenated alkanes) is 30. The van der Waals surface area contributed by atoms with Crippen LogP contribution in [0.15, 0.2) is 24.3 Å². The van der Waals surface area contributed by atoms with E-state index in [9.17, 15) is 19.8 Å². The van der Waals surface area contributed by atoms with E-state index in [2.05, 4.69) is 31.3 Å². The van der Waals surface area contributed by atoms with Gasteiger partial charge < -0.3 is 20.3 Å². The van der Waals surface area contributed by atoms with Gasteiger partial charge in [-0.15, -0.1) is 0 Å². The zero-order valence-electron chi connectivity index (χ0n) is 36.0. The summed E-state index contributed by atoms with van der Waals surface area (Å²) in [5.74, 6) is -0.122. The van der Waals surface area contributed by atoms with E-state index >= 15 is 0 Å². The van der Waals surface area contributed by atoms with Crippen LogP contribution >= 0.6 is 0 Å². The summed E-state index contributed by atoms with van der Waals surface area (Å²) in [6.07, 6.45) is 50.2. The molecule has 318 valence electrons. The van der Waals surface area contributed by atoms with Crippen LogP contribution in [0, 0.1) is 0 Å². The summed E-state index contributed by atoms with van der Waals surface area (Å²) >= 11 is 0. The van der Waals surface area contributed by atoms with E-state index in [1.165, 1.54) is 161 Å². The molecule has 2 unspecified atom stereocenters. The molecule has 0 aliphatic heterocycles. The molecule has 6 nitrogen and oxygen atoms in total. The molecule has 0 radical (unpaired) electrons. The van der Waals surface area contributed by atoms with Gasteiger partial charge in [-0.1, -0.05) is 199 Å². The van der Waals surface area contributed by atoms with Crippen LogP contribution in [0.2, 0.25) is 0 Å². The predicted molar refractivity (Wildman–Crippen MR) is 232 cm³/mol. The van der Waals surface area contributed by atoms with Gasteiger partial charge in [0, 0.05) is 12.8 Å². The second-order valence-electron chi connectivity index (χ2n) is 16.1. The molecule has 0 bridgehead atoms. The number of aliphatic hydroxyl groups is 2. The van der Waals surface area contributed by atoms with Crippen molar-refractivity contribution in [3.8, 4) is 0 Å². The van der Waals surface area contributed by atoms with Crippen molar-refractivity contribution in [2.75, 3.05) is 13.2 Å². The fourth-order valence-corrected chi connectivity index (χ4v) is 7.04. The second-order valence-corrected chi connectivity index (χ2v) is 16.1. The topological polar surface area (TPSA) is 95.9 Å². The van der Waals surface area contributed by atoms with E-state index in [1.807, 2.05) is 6.08 Å². The lowest BCUT2D eigenvalue weighted by atomic mass is 10.0. The molecule has 0 aromatic heterocycles. The van der Waals surface area contributed by atoms with Crippen molar-refractivity contribution in [2.24, 2.45) is 0 Å². The van der Waals surface area contributed by atoms with Gasteiger partial charge in [-0.2, -0.15) is 0 Å². The fourth-order valence-electron chi connectivity index (χ4n) is 7.04. The Morgan fingerprint density at radius 3 is 1.31 bits per heavy atom. The van der Waals surface area contributed by atoms with Gasteiger partial charge in [0.15, 0.2) is 0 Å². The highest BCUT2D eigenvalue weighted by atomic mass is 16.5. The average Bonchev–Trinajstić information content (AvgIpc) is 3.17. The van der Waals surface area contributed by atoms with Crippen LogP contribution in [0.25, 0.3) is 0 Å². The first-order valence-electron chi connectivity index (χ1n) is 23.6. The molecule has 0 heterocycles. The van der Waals surface area contributed by atoms with Crippen molar-refractivity contribution in [1.29, 1.82) is 0 Å². The molecule has 0 rings (SSSR count). The molecular weight excluding hydrogens is 671 g/mol. The predicted octanol–water partition coefficient (Wildman–Crippen LogP) is 13.6. The minimum absolute atomic E-state index is 0.0291. The third-order valence-electron chi connectivity index (χ3n) is 10.7. The maximum Gasteiger partial charge on any atom is 0.305 e. The third-order valence-corrected chi connectivity index (χ3v) is 10.7. The molecule has 6 heteroatoms. The number of ether oxygens (including phenoxy) is 1. The lowest BCUT2D eigenvalue weighted by Crippen LogP contribution is -2.45. The van der Waals surface area contributed by atoms with Crippen molar-refractivity contribution in [2.45, 2.75) is 257 Å². The van der Waals surface area contributed by atoms with Crippen LogP contribution in [0.4, 0.5) is 0 Å². The molecule has 0 aliphatic carbocycles. The maximum absolute atomic E-state index is 12.4. The van der Waals surface area contributed by atoms with Crippen molar-refractivity contribution >= 4 is 11.9 Å². The summed E-state index contributed by atoms with van der Waals surface area (Å²) in [5, 5.41) is 22.9. The molecule has 54 heavy (non-hydrogen) atoms. The Morgan fingerprint density at radius 1 is 0.500 bits per heavy atom. The van der Waals surface area contributed by atoms with Crippen molar-refractivity contribution in [1.82, 2.24) is 5.32 Å². The zero-order valence-corrected chi connectivity index (χ0v) is 36.0. The van der Waals surface area contributed by atoms with Crippen molar-refractivity contribution in [3.63, 3.8) is 0 Å². The Hall–Kier alpha value is -1.66. The van der Waals surface area contributed by atoms with Crippen LogP contribution in [0.5, 0.6) is 0 Å². The van der Waals surface area contributed by atoms with E-state index in [1.54, 1.807) is 6.08 Å². The van der Waals surface area contributed by atoms with Crippen LogP contribution in [0.1, 0.15) is 245 Å². The first-order chi connectivity index (χ1) is 26.5. The average molecular weight is 762 g/mol. The summed E-state index contributed by atoms with van der Waals surface area (Å²) in [6.45, 7) is 4.82. The monoisotopic (exact) mass is 762 g/mol. The second kappa shape index (κ2) is 44.1. The zero-order chi connectivity index (χ0) is 39.4. The lowest BCUT2D eigenvalue weighted by Gasteiger charge is -2.20. The smallest absolute Gasteiger partial charge is 0.305 e. The van der Waals surface area contributed by atoms with Gasteiger partial charge in [0.2, 0.25) is 5.91 Å². The van der Waals surface area contributed by atoms with Gasteiger partial charge in [-0.25, -0.2) is 0 Å². The van der Waals surface area contributed by atoms with E-state index in [0.29, 0.717) is 19.4 Å². The van der Waals surface area contributed by atoms with Crippen molar-refractivity contribution < 1.29 is 24.5 Å². The van der Waals surface area contributed by atoms with Gasteiger partial charge in [0.25, 0.3) is 0 Å². The molecule has 0 spiro atoms. The molecule has 0 aliphatic rings. The molecule has 0 saturated carbocycles. The maximum atomic E-state index is 12.4. The molecular formula is C48H91NO5. The Morgan fingerprint density at radius 2 is 0.870 bits per heavy atom. The molecule has 2 atom stereocenters. The van der Waals surface area contributed by atoms with Crippen molar-refractivity contribution in [3.05, 3.63) is 24.3 Å². The number of carbonyl (C=O) groups excluding carboxylic acids is 2. The number of amides is 1. The highest BCUT2D eigenvalue weighted by Gasteiger charge is 2.18. The molecule has 0 saturated heterocycles. The fraction of sp³-hybridized carbons (Fsp3) is 0.875. The highest BCUT2D eigenvalue weighted by Crippen LogP contribution is 2.14. The molecule has 3 N–H and O–H groups in total. The van der Waals surface area contributed by atoms with Crippen LogP contribution in [-0.4, -0.2) is 47.4 Å². The van der Waals surface area contributed by atoms with E-state index in [0.717, 1.165) is 57.8 Å². The number of esters is 1. The van der Waals surface area contributed by atoms with Crippen LogP contribution in [0.3, 0.4) is 0 Å². The largest absolute Gasteiger partial charge is 0.466 e. The van der Waals surface area contributed by atoms with Crippen LogP contribution < -0.4 is 5.32 Å². The number of aliphatic hydroxyl groups excluding tert-OH is 2. The number of nitrogens with one attached hydrogen (secondary N) is 1. The Bertz CT molecular complexity index is 843. The summed E-state index contributed by atoms with van der Waals surface area (Å²) in [7, 11) is 0. The summed E-state index contributed by atoms with van der Waals surface area (Å²) < 4.78 is 5.44. The first-order valence-corrected chi connectivity index (χ1v) is 23.6. The van der Waals surface area contributed by atoms with E-state index in [-0.39, 0.29) is 18.5 Å². The van der Waals surface area contributed by atoms with Gasteiger partial charge in [-0.05, 0) is 57.8 Å². The SMILES string of the molecule is CCCCCCCCC/C=C\CCCCCCCC(=O)OCCCCCCCCCCCCC(=O)NC(CO)C(O)/C=C/CCCCCCCCCCC. The molecule has 1 amide bonds. The van der Waals surface area contributed by atoms with E-state index < -0.39 is 12.1 Å². The summed E-state index contributed by atoms with van der Waals surface area (Å²) in [5.41, 5.74) is 0. The molecule has 0 aromatic carbocycles.